The molecule has 5 nitrogen and oxygen atoms in total. The summed E-state index contributed by atoms with van der Waals surface area (Å²) in [6.07, 6.45) is 1.50. The Labute approximate surface area is 107 Å². The molecule has 0 unspecified atom stereocenters. The second-order valence-corrected chi connectivity index (χ2v) is 4.02. The molecule has 1 amide bonds. The topological polar surface area (TPSA) is 75.1 Å². The third-order valence-corrected chi connectivity index (χ3v) is 2.72. The number of nitrogens with one attached hydrogen (secondary N) is 2. The maximum absolute atomic E-state index is 12.0. The molecule has 5 heteroatoms. The van der Waals surface area contributed by atoms with Gasteiger partial charge in [-0.25, -0.2) is 0 Å². The van der Waals surface area contributed by atoms with Gasteiger partial charge in [0.1, 0.15) is 11.3 Å². The van der Waals surface area contributed by atoms with E-state index in [0.717, 1.165) is 5.39 Å². The maximum Gasteiger partial charge on any atom is 0.291 e. The van der Waals surface area contributed by atoms with E-state index in [4.69, 9.17) is 4.42 Å². The Balaban J connectivity index is 1.92. The summed E-state index contributed by atoms with van der Waals surface area (Å²) in [5, 5.41) is 3.35. The second kappa shape index (κ2) is 4.45. The first-order valence-electron chi connectivity index (χ1n) is 5.72. The van der Waals surface area contributed by atoms with E-state index in [0.29, 0.717) is 5.58 Å². The number of carbonyl (C=O) groups is 1. The molecule has 0 aliphatic carbocycles. The number of hydrogen-bond acceptors (Lipinski definition) is 3. The third-order valence-electron chi connectivity index (χ3n) is 2.72. The monoisotopic (exact) mass is 254 g/mol. The summed E-state index contributed by atoms with van der Waals surface area (Å²) < 4.78 is 5.42. The summed E-state index contributed by atoms with van der Waals surface area (Å²) >= 11 is 0. The van der Waals surface area contributed by atoms with Crippen LogP contribution in [0.25, 0.3) is 11.0 Å². The number of benzene rings is 1. The summed E-state index contributed by atoms with van der Waals surface area (Å²) in [7, 11) is 0. The predicted octanol–water partition coefficient (Wildman–Crippen LogP) is 2.37. The molecule has 0 spiro atoms. The molecule has 2 N–H and O–H groups in total. The van der Waals surface area contributed by atoms with Gasteiger partial charge in [0, 0.05) is 11.6 Å². The van der Waals surface area contributed by atoms with Gasteiger partial charge in [-0.1, -0.05) is 18.2 Å². The lowest BCUT2D eigenvalue weighted by Gasteiger charge is -2.00. The number of anilines is 1. The summed E-state index contributed by atoms with van der Waals surface area (Å²) in [6, 6.07) is 12.1. The molecule has 0 fully saturated rings. The first kappa shape index (κ1) is 11.3. The first-order valence-corrected chi connectivity index (χ1v) is 5.72. The molecule has 0 aliphatic heterocycles. The Morgan fingerprint density at radius 3 is 2.79 bits per heavy atom. The maximum atomic E-state index is 12.0. The molecule has 19 heavy (non-hydrogen) atoms. The summed E-state index contributed by atoms with van der Waals surface area (Å²) in [4.78, 5) is 25.9. The van der Waals surface area contributed by atoms with E-state index in [1.807, 2.05) is 18.2 Å². The van der Waals surface area contributed by atoms with Gasteiger partial charge in [-0.05, 0) is 24.3 Å². The molecule has 0 radical (unpaired) electrons. The largest absolute Gasteiger partial charge is 0.451 e. The van der Waals surface area contributed by atoms with Crippen molar-refractivity contribution in [2.45, 2.75) is 0 Å². The number of pyridine rings is 1. The van der Waals surface area contributed by atoms with Crippen LogP contribution in [0.15, 0.2) is 57.9 Å². The van der Waals surface area contributed by atoms with Crippen LogP contribution in [0.1, 0.15) is 10.6 Å². The smallest absolute Gasteiger partial charge is 0.291 e. The molecule has 1 aromatic carbocycles. The van der Waals surface area contributed by atoms with Crippen LogP contribution in [0.5, 0.6) is 0 Å². The molecule has 3 aromatic rings. The van der Waals surface area contributed by atoms with Crippen LogP contribution in [0.2, 0.25) is 0 Å². The Bertz CT molecular complexity index is 768. The van der Waals surface area contributed by atoms with Gasteiger partial charge in [0.15, 0.2) is 5.76 Å². The van der Waals surface area contributed by atoms with Crippen molar-refractivity contribution in [3.63, 3.8) is 0 Å². The molecule has 2 aromatic heterocycles. The summed E-state index contributed by atoms with van der Waals surface area (Å²) in [5.41, 5.74) is 0.467. The molecular formula is C14H10N2O3. The highest BCUT2D eigenvalue weighted by atomic mass is 16.3. The van der Waals surface area contributed by atoms with Gasteiger partial charge in [0.2, 0.25) is 0 Å². The van der Waals surface area contributed by atoms with E-state index in [9.17, 15) is 9.59 Å². The second-order valence-electron chi connectivity index (χ2n) is 4.02. The number of carbonyl (C=O) groups excluding carboxylic acids is 1. The van der Waals surface area contributed by atoms with Crippen LogP contribution in [0.3, 0.4) is 0 Å². The van der Waals surface area contributed by atoms with Gasteiger partial charge in [-0.3, -0.25) is 9.59 Å². The first-order chi connectivity index (χ1) is 9.24. The van der Waals surface area contributed by atoms with Gasteiger partial charge in [-0.15, -0.1) is 0 Å². The molecule has 0 aliphatic rings. The number of H-pyrrole nitrogens is 1. The lowest BCUT2D eigenvalue weighted by Crippen LogP contribution is -2.18. The SMILES string of the molecule is O=C(Nc1ccc[nH]c1=O)c1cc2ccccc2o1. The van der Waals surface area contributed by atoms with Crippen LogP contribution in [0, 0.1) is 0 Å². The minimum Gasteiger partial charge on any atom is -0.451 e. The lowest BCUT2D eigenvalue weighted by atomic mass is 10.2. The number of fused-ring (bicyclic) bond motifs is 1. The highest BCUT2D eigenvalue weighted by molar-refractivity contribution is 6.04. The fraction of sp³-hybridized carbons (Fsp3) is 0. The molecule has 94 valence electrons. The third kappa shape index (κ3) is 2.13. The number of rotatable bonds is 2. The van der Waals surface area contributed by atoms with E-state index in [-0.39, 0.29) is 17.0 Å². The minimum absolute atomic E-state index is 0.171. The highest BCUT2D eigenvalue weighted by Gasteiger charge is 2.13. The zero-order chi connectivity index (χ0) is 13.2. The number of furan rings is 1. The number of amides is 1. The van der Waals surface area contributed by atoms with Gasteiger partial charge >= 0.3 is 0 Å². The van der Waals surface area contributed by atoms with E-state index in [2.05, 4.69) is 10.3 Å². The Morgan fingerprint density at radius 2 is 2.00 bits per heavy atom. The fourth-order valence-corrected chi connectivity index (χ4v) is 1.80. The van der Waals surface area contributed by atoms with Crippen LogP contribution in [-0.2, 0) is 0 Å². The van der Waals surface area contributed by atoms with Crippen molar-refractivity contribution in [1.82, 2.24) is 4.98 Å². The zero-order valence-electron chi connectivity index (χ0n) is 9.84. The number of para-hydroxylation sites is 1. The predicted molar refractivity (Wildman–Crippen MR) is 71.2 cm³/mol. The van der Waals surface area contributed by atoms with Gasteiger partial charge < -0.3 is 14.7 Å². The number of hydrogen-bond donors (Lipinski definition) is 2. The number of aromatic nitrogens is 1. The van der Waals surface area contributed by atoms with Crippen molar-refractivity contribution in [2.75, 3.05) is 5.32 Å². The molecule has 0 saturated heterocycles. The minimum atomic E-state index is -0.451. The molecule has 0 atom stereocenters. The summed E-state index contributed by atoms with van der Waals surface area (Å²) in [6.45, 7) is 0. The Kier molecular flexibility index (Phi) is 2.64. The van der Waals surface area contributed by atoms with E-state index in [1.54, 1.807) is 18.2 Å². The molecular weight excluding hydrogens is 244 g/mol. The van der Waals surface area contributed by atoms with E-state index in [1.165, 1.54) is 12.3 Å². The van der Waals surface area contributed by atoms with Crippen LogP contribution < -0.4 is 10.9 Å². The summed E-state index contributed by atoms with van der Waals surface area (Å²) in [5.74, 6) is -0.280. The van der Waals surface area contributed by atoms with Crippen molar-refractivity contribution >= 4 is 22.6 Å². The average Bonchev–Trinajstić information content (AvgIpc) is 2.85. The lowest BCUT2D eigenvalue weighted by molar-refractivity contribution is 0.0998. The molecule has 0 saturated carbocycles. The van der Waals surface area contributed by atoms with E-state index >= 15 is 0 Å². The fourth-order valence-electron chi connectivity index (χ4n) is 1.80. The molecule has 0 bridgehead atoms. The zero-order valence-corrected chi connectivity index (χ0v) is 9.84. The van der Waals surface area contributed by atoms with Crippen molar-refractivity contribution < 1.29 is 9.21 Å². The highest BCUT2D eigenvalue weighted by Crippen LogP contribution is 2.19. The quantitative estimate of drug-likeness (QED) is 0.737. The van der Waals surface area contributed by atoms with Gasteiger partial charge in [-0.2, -0.15) is 0 Å². The van der Waals surface area contributed by atoms with Crippen LogP contribution in [0.4, 0.5) is 5.69 Å². The Morgan fingerprint density at radius 1 is 1.16 bits per heavy atom. The van der Waals surface area contributed by atoms with E-state index < -0.39 is 5.91 Å². The van der Waals surface area contributed by atoms with Gasteiger partial charge in [0.05, 0.1) is 0 Å². The van der Waals surface area contributed by atoms with Gasteiger partial charge in [0.25, 0.3) is 11.5 Å². The normalized spacial score (nSPS) is 10.5. The number of aromatic amines is 1. The Hall–Kier alpha value is -2.82. The standard InChI is InChI=1S/C14H10N2O3/c17-13-10(5-3-7-15-13)16-14(18)12-8-9-4-1-2-6-11(9)19-12/h1-8H,(H,15,17)(H,16,18). The van der Waals surface area contributed by atoms with Crippen molar-refractivity contribution in [2.24, 2.45) is 0 Å². The van der Waals surface area contributed by atoms with Crippen molar-refractivity contribution in [1.29, 1.82) is 0 Å². The molecule has 3 rings (SSSR count). The van der Waals surface area contributed by atoms with Crippen LogP contribution in [-0.4, -0.2) is 10.9 Å². The van der Waals surface area contributed by atoms with Crippen molar-refractivity contribution in [3.8, 4) is 0 Å². The van der Waals surface area contributed by atoms with Crippen LogP contribution >= 0.6 is 0 Å². The van der Waals surface area contributed by atoms with Crippen molar-refractivity contribution in [3.05, 3.63) is 64.8 Å². The molecule has 2 heterocycles. The average molecular weight is 254 g/mol.